The number of nitrogens with one attached hydrogen (secondary N) is 2. The van der Waals surface area contributed by atoms with E-state index in [4.69, 9.17) is 4.74 Å². The van der Waals surface area contributed by atoms with Gasteiger partial charge in [-0.15, -0.1) is 0 Å². The van der Waals surface area contributed by atoms with Crippen molar-refractivity contribution in [2.45, 2.75) is 32.9 Å². The van der Waals surface area contributed by atoms with Crippen LogP contribution in [0.2, 0.25) is 0 Å². The number of anilines is 2. The van der Waals surface area contributed by atoms with E-state index in [0.717, 1.165) is 30.1 Å². The second kappa shape index (κ2) is 7.92. The summed E-state index contributed by atoms with van der Waals surface area (Å²) in [6.07, 6.45) is 2.55. The first kappa shape index (κ1) is 18.3. The van der Waals surface area contributed by atoms with Gasteiger partial charge in [0.1, 0.15) is 6.61 Å². The number of fused-ring (bicyclic) bond motifs is 1. The molecule has 2 aromatic rings. The highest BCUT2D eigenvalue weighted by atomic mass is 16.5. The SMILES string of the molecule is CC1CCCN(c2ccc(CNC(=O)Nc3ccc4c(c3)COC4=O)cc2)C1. The molecule has 2 N–H and O–H groups in total. The number of ether oxygens (including phenoxy) is 1. The zero-order chi connectivity index (χ0) is 19.5. The molecule has 0 aromatic heterocycles. The summed E-state index contributed by atoms with van der Waals surface area (Å²) in [5, 5.41) is 5.67. The van der Waals surface area contributed by atoms with E-state index >= 15 is 0 Å². The van der Waals surface area contributed by atoms with Crippen LogP contribution in [0, 0.1) is 5.92 Å². The van der Waals surface area contributed by atoms with E-state index in [1.165, 1.54) is 18.5 Å². The molecule has 0 spiro atoms. The number of rotatable bonds is 4. The Morgan fingerprint density at radius 3 is 2.82 bits per heavy atom. The van der Waals surface area contributed by atoms with Crippen LogP contribution in [-0.4, -0.2) is 25.1 Å². The van der Waals surface area contributed by atoms with Crippen molar-refractivity contribution in [3.63, 3.8) is 0 Å². The maximum absolute atomic E-state index is 12.2. The molecule has 0 radical (unpaired) electrons. The Hall–Kier alpha value is -3.02. The van der Waals surface area contributed by atoms with Crippen molar-refractivity contribution in [3.05, 3.63) is 59.2 Å². The number of urea groups is 1. The van der Waals surface area contributed by atoms with Gasteiger partial charge in [0.05, 0.1) is 5.56 Å². The number of carbonyl (C=O) groups is 2. The standard InChI is InChI=1S/C22H25N3O3/c1-15-3-2-10-25(13-15)19-7-4-16(5-8-19)12-23-22(27)24-18-6-9-20-17(11-18)14-28-21(20)26/h4-9,11,15H,2-3,10,12-14H2,1H3,(H2,23,24,27). The predicted molar refractivity (Wildman–Crippen MR) is 108 cm³/mol. The van der Waals surface area contributed by atoms with Gasteiger partial charge in [-0.3, -0.25) is 0 Å². The Bertz CT molecular complexity index is 879. The van der Waals surface area contributed by atoms with Crippen LogP contribution in [0.4, 0.5) is 16.2 Å². The molecule has 0 saturated carbocycles. The summed E-state index contributed by atoms with van der Waals surface area (Å²) in [5.41, 5.74) is 4.30. The summed E-state index contributed by atoms with van der Waals surface area (Å²) < 4.78 is 4.98. The van der Waals surface area contributed by atoms with Crippen molar-refractivity contribution in [1.82, 2.24) is 5.32 Å². The van der Waals surface area contributed by atoms with Crippen molar-refractivity contribution >= 4 is 23.4 Å². The summed E-state index contributed by atoms with van der Waals surface area (Å²) in [6.45, 7) is 5.23. The molecule has 2 amide bonds. The third-order valence-corrected chi connectivity index (χ3v) is 5.35. The molecular weight excluding hydrogens is 354 g/mol. The van der Waals surface area contributed by atoms with Gasteiger partial charge in [0, 0.05) is 36.6 Å². The average Bonchev–Trinajstić information content (AvgIpc) is 3.07. The summed E-state index contributed by atoms with van der Waals surface area (Å²) in [4.78, 5) is 26.1. The highest BCUT2D eigenvalue weighted by molar-refractivity contribution is 5.95. The Balaban J connectivity index is 1.29. The van der Waals surface area contributed by atoms with Gasteiger partial charge >= 0.3 is 12.0 Å². The quantitative estimate of drug-likeness (QED) is 0.790. The summed E-state index contributed by atoms with van der Waals surface area (Å²) >= 11 is 0. The number of carbonyl (C=O) groups excluding carboxylic acids is 2. The van der Waals surface area contributed by atoms with Crippen molar-refractivity contribution in [3.8, 4) is 0 Å². The number of nitrogens with zero attached hydrogens (tertiary/aromatic N) is 1. The number of benzene rings is 2. The third kappa shape index (κ3) is 4.11. The van der Waals surface area contributed by atoms with Crippen LogP contribution in [0.15, 0.2) is 42.5 Å². The maximum Gasteiger partial charge on any atom is 0.338 e. The third-order valence-electron chi connectivity index (χ3n) is 5.35. The van der Waals surface area contributed by atoms with E-state index in [9.17, 15) is 9.59 Å². The Morgan fingerprint density at radius 2 is 2.04 bits per heavy atom. The molecule has 0 bridgehead atoms. The van der Waals surface area contributed by atoms with E-state index in [0.29, 0.717) is 17.8 Å². The van der Waals surface area contributed by atoms with Gasteiger partial charge in [0.2, 0.25) is 0 Å². The van der Waals surface area contributed by atoms with Crippen molar-refractivity contribution in [2.24, 2.45) is 5.92 Å². The lowest BCUT2D eigenvalue weighted by molar-refractivity contribution is 0.0535. The number of amides is 2. The minimum Gasteiger partial charge on any atom is -0.457 e. The van der Waals surface area contributed by atoms with Crippen LogP contribution >= 0.6 is 0 Å². The minimum atomic E-state index is -0.312. The molecule has 2 aliphatic rings. The highest BCUT2D eigenvalue weighted by Crippen LogP contribution is 2.24. The molecule has 6 heteroatoms. The van der Waals surface area contributed by atoms with Crippen LogP contribution in [0.25, 0.3) is 0 Å². The highest BCUT2D eigenvalue weighted by Gasteiger charge is 2.21. The number of hydrogen-bond acceptors (Lipinski definition) is 4. The molecule has 0 aliphatic carbocycles. The number of piperidine rings is 1. The first-order chi connectivity index (χ1) is 13.6. The fraction of sp³-hybridized carbons (Fsp3) is 0.364. The molecule has 2 heterocycles. The molecular formula is C22H25N3O3. The molecule has 1 saturated heterocycles. The number of esters is 1. The van der Waals surface area contributed by atoms with Crippen LogP contribution in [0.1, 0.15) is 41.3 Å². The first-order valence-electron chi connectivity index (χ1n) is 9.77. The smallest absolute Gasteiger partial charge is 0.338 e. The predicted octanol–water partition coefficient (Wildman–Crippen LogP) is 3.92. The molecule has 1 unspecified atom stereocenters. The average molecular weight is 379 g/mol. The lowest BCUT2D eigenvalue weighted by atomic mass is 9.99. The molecule has 1 atom stereocenters. The molecule has 4 rings (SSSR count). The second-order valence-corrected chi connectivity index (χ2v) is 7.62. The second-order valence-electron chi connectivity index (χ2n) is 7.62. The number of cyclic esters (lactones) is 1. The Morgan fingerprint density at radius 1 is 1.21 bits per heavy atom. The normalized spacial score (nSPS) is 18.4. The summed E-state index contributed by atoms with van der Waals surface area (Å²) in [6, 6.07) is 13.3. The van der Waals surface area contributed by atoms with Crippen LogP contribution in [0.5, 0.6) is 0 Å². The van der Waals surface area contributed by atoms with E-state index in [-0.39, 0.29) is 18.6 Å². The van der Waals surface area contributed by atoms with Crippen LogP contribution < -0.4 is 15.5 Å². The topological polar surface area (TPSA) is 70.7 Å². The maximum atomic E-state index is 12.2. The molecule has 6 nitrogen and oxygen atoms in total. The zero-order valence-corrected chi connectivity index (χ0v) is 16.0. The molecule has 2 aromatic carbocycles. The molecule has 2 aliphatic heterocycles. The van der Waals surface area contributed by atoms with Gasteiger partial charge in [-0.2, -0.15) is 0 Å². The van der Waals surface area contributed by atoms with Gasteiger partial charge in [-0.05, 0) is 54.7 Å². The van der Waals surface area contributed by atoms with Gasteiger partial charge in [-0.25, -0.2) is 9.59 Å². The van der Waals surface area contributed by atoms with Crippen molar-refractivity contribution < 1.29 is 14.3 Å². The van der Waals surface area contributed by atoms with Gasteiger partial charge in [-0.1, -0.05) is 19.1 Å². The van der Waals surface area contributed by atoms with E-state index in [2.05, 4.69) is 46.7 Å². The van der Waals surface area contributed by atoms with Crippen molar-refractivity contribution in [2.75, 3.05) is 23.3 Å². The van der Waals surface area contributed by atoms with Gasteiger partial charge < -0.3 is 20.3 Å². The minimum absolute atomic E-state index is 0.257. The molecule has 1 fully saturated rings. The van der Waals surface area contributed by atoms with E-state index in [1.807, 2.05) is 0 Å². The fourth-order valence-electron chi connectivity index (χ4n) is 3.82. The van der Waals surface area contributed by atoms with Crippen molar-refractivity contribution in [1.29, 1.82) is 0 Å². The largest absolute Gasteiger partial charge is 0.457 e. The lowest BCUT2D eigenvalue weighted by Gasteiger charge is -2.32. The first-order valence-corrected chi connectivity index (χ1v) is 9.77. The molecule has 28 heavy (non-hydrogen) atoms. The zero-order valence-electron chi connectivity index (χ0n) is 16.0. The van der Waals surface area contributed by atoms with Gasteiger partial charge in [0.15, 0.2) is 0 Å². The summed E-state index contributed by atoms with van der Waals surface area (Å²) in [5.74, 6) is 0.427. The van der Waals surface area contributed by atoms with Crippen LogP contribution in [-0.2, 0) is 17.9 Å². The van der Waals surface area contributed by atoms with Crippen LogP contribution in [0.3, 0.4) is 0 Å². The van der Waals surface area contributed by atoms with E-state index < -0.39 is 0 Å². The van der Waals surface area contributed by atoms with E-state index in [1.54, 1.807) is 18.2 Å². The lowest BCUT2D eigenvalue weighted by Crippen LogP contribution is -2.34. The monoisotopic (exact) mass is 379 g/mol. The number of hydrogen-bond donors (Lipinski definition) is 2. The Labute approximate surface area is 164 Å². The summed E-state index contributed by atoms with van der Waals surface area (Å²) in [7, 11) is 0. The molecule has 146 valence electrons. The Kier molecular flexibility index (Phi) is 5.19. The van der Waals surface area contributed by atoms with Gasteiger partial charge in [0.25, 0.3) is 0 Å². The fourth-order valence-corrected chi connectivity index (χ4v) is 3.82.